The Balaban J connectivity index is 3.00. The van der Waals surface area contributed by atoms with E-state index in [1.807, 2.05) is 19.1 Å². The first kappa shape index (κ1) is 13.2. The lowest BCUT2D eigenvalue weighted by molar-refractivity contribution is 0.169. The lowest BCUT2D eigenvalue weighted by Gasteiger charge is -2.20. The van der Waals surface area contributed by atoms with Crippen molar-refractivity contribution in [1.82, 2.24) is 0 Å². The van der Waals surface area contributed by atoms with Crippen LogP contribution in [-0.2, 0) is 9.84 Å². The van der Waals surface area contributed by atoms with Crippen LogP contribution in [0, 0.1) is 6.92 Å². The van der Waals surface area contributed by atoms with E-state index in [0.29, 0.717) is 12.0 Å². The number of benzene rings is 1. The minimum Gasteiger partial charge on any atom is -0.387 e. The molecule has 0 amide bonds. The van der Waals surface area contributed by atoms with Crippen LogP contribution in [0.25, 0.3) is 0 Å². The molecule has 0 heterocycles. The lowest BCUT2D eigenvalue weighted by atomic mass is 10.0. The van der Waals surface area contributed by atoms with Crippen LogP contribution in [-0.4, -0.2) is 25.0 Å². The number of aliphatic hydroxyl groups is 1. The van der Waals surface area contributed by atoms with E-state index in [0.717, 1.165) is 5.56 Å². The molecule has 0 spiro atoms. The van der Waals surface area contributed by atoms with Crippen LogP contribution >= 0.6 is 0 Å². The van der Waals surface area contributed by atoms with Crippen LogP contribution < -0.4 is 0 Å². The van der Waals surface area contributed by atoms with Gasteiger partial charge in [0.25, 0.3) is 0 Å². The first-order valence-electron chi connectivity index (χ1n) is 5.29. The van der Waals surface area contributed by atoms with Crippen molar-refractivity contribution in [2.24, 2.45) is 0 Å². The summed E-state index contributed by atoms with van der Waals surface area (Å²) in [5.41, 5.74) is 1.74. The number of aryl methyl sites for hydroxylation is 1. The van der Waals surface area contributed by atoms with E-state index in [9.17, 15) is 13.5 Å². The average Bonchev–Trinajstić information content (AvgIpc) is 2.17. The molecule has 1 N–H and O–H groups in total. The Bertz CT molecular complexity index is 434. The Hall–Kier alpha value is -0.870. The zero-order valence-electron chi connectivity index (χ0n) is 9.84. The quantitative estimate of drug-likeness (QED) is 0.876. The third kappa shape index (κ3) is 3.06. The van der Waals surface area contributed by atoms with Gasteiger partial charge in [0.05, 0.1) is 11.4 Å². The molecule has 2 atom stereocenters. The molecule has 0 aliphatic heterocycles. The highest BCUT2D eigenvalue weighted by molar-refractivity contribution is 7.91. The number of rotatable bonds is 4. The van der Waals surface area contributed by atoms with Gasteiger partial charge in [-0.1, -0.05) is 36.8 Å². The van der Waals surface area contributed by atoms with Crippen molar-refractivity contribution in [2.75, 3.05) is 6.26 Å². The molecule has 0 aliphatic carbocycles. The maximum Gasteiger partial charge on any atom is 0.153 e. The summed E-state index contributed by atoms with van der Waals surface area (Å²) in [6.45, 7) is 3.72. The summed E-state index contributed by atoms with van der Waals surface area (Å²) >= 11 is 0. The molecule has 1 aromatic rings. The minimum atomic E-state index is -3.22. The maximum atomic E-state index is 11.5. The van der Waals surface area contributed by atoms with Gasteiger partial charge in [-0.05, 0) is 18.9 Å². The number of hydrogen-bond donors (Lipinski definition) is 1. The fourth-order valence-corrected chi connectivity index (χ4v) is 2.97. The van der Waals surface area contributed by atoms with Gasteiger partial charge in [0.1, 0.15) is 0 Å². The van der Waals surface area contributed by atoms with Gasteiger partial charge in [-0.3, -0.25) is 0 Å². The molecule has 0 aromatic heterocycles. The second kappa shape index (κ2) is 4.97. The normalized spacial score (nSPS) is 15.8. The Morgan fingerprint density at radius 3 is 2.12 bits per heavy atom. The summed E-state index contributed by atoms with van der Waals surface area (Å²) in [6.07, 6.45) is 0.632. The fourth-order valence-electron chi connectivity index (χ4n) is 1.74. The van der Waals surface area contributed by atoms with Gasteiger partial charge in [-0.2, -0.15) is 0 Å². The molecule has 1 rings (SSSR count). The smallest absolute Gasteiger partial charge is 0.153 e. The zero-order valence-corrected chi connectivity index (χ0v) is 10.7. The van der Waals surface area contributed by atoms with Crippen LogP contribution in [0.15, 0.2) is 24.3 Å². The van der Waals surface area contributed by atoms with Crippen molar-refractivity contribution < 1.29 is 13.5 Å². The molecule has 2 unspecified atom stereocenters. The van der Waals surface area contributed by atoms with Gasteiger partial charge >= 0.3 is 0 Å². The van der Waals surface area contributed by atoms with Crippen molar-refractivity contribution in [3.05, 3.63) is 35.4 Å². The van der Waals surface area contributed by atoms with Crippen molar-refractivity contribution in [2.45, 2.75) is 31.6 Å². The summed E-state index contributed by atoms with van der Waals surface area (Å²) < 4.78 is 23.0. The molecule has 0 radical (unpaired) electrons. The molecular weight excluding hydrogens is 224 g/mol. The van der Waals surface area contributed by atoms with Crippen LogP contribution in [0.1, 0.15) is 30.6 Å². The molecule has 4 heteroatoms. The summed E-state index contributed by atoms with van der Waals surface area (Å²) in [7, 11) is -3.22. The topological polar surface area (TPSA) is 54.4 Å². The summed E-state index contributed by atoms with van der Waals surface area (Å²) in [5.74, 6) is 0. The minimum absolute atomic E-state index is 0.411. The second-order valence-corrected chi connectivity index (χ2v) is 6.40. The first-order valence-corrected chi connectivity index (χ1v) is 7.25. The molecule has 0 saturated carbocycles. The highest BCUT2D eigenvalue weighted by atomic mass is 32.2. The van der Waals surface area contributed by atoms with E-state index in [2.05, 4.69) is 0 Å². The molecule has 3 nitrogen and oxygen atoms in total. The first-order chi connectivity index (χ1) is 7.36. The van der Waals surface area contributed by atoms with Gasteiger partial charge in [-0.15, -0.1) is 0 Å². The zero-order chi connectivity index (χ0) is 12.3. The van der Waals surface area contributed by atoms with E-state index in [1.165, 1.54) is 6.26 Å². The van der Waals surface area contributed by atoms with Gasteiger partial charge in [-0.25, -0.2) is 8.42 Å². The Kier molecular flexibility index (Phi) is 4.10. The number of hydrogen-bond acceptors (Lipinski definition) is 3. The SMILES string of the molecule is CCC(C(O)c1ccc(C)cc1)S(C)(=O)=O. The van der Waals surface area contributed by atoms with E-state index in [1.54, 1.807) is 19.1 Å². The molecule has 16 heavy (non-hydrogen) atoms. The Labute approximate surface area is 97.0 Å². The number of sulfone groups is 1. The van der Waals surface area contributed by atoms with Gasteiger partial charge < -0.3 is 5.11 Å². The third-order valence-electron chi connectivity index (χ3n) is 2.72. The lowest BCUT2D eigenvalue weighted by Crippen LogP contribution is -2.26. The molecule has 0 aliphatic rings. The monoisotopic (exact) mass is 242 g/mol. The fraction of sp³-hybridized carbons (Fsp3) is 0.500. The van der Waals surface area contributed by atoms with Crippen LogP contribution in [0.3, 0.4) is 0 Å². The third-order valence-corrected chi connectivity index (χ3v) is 4.41. The molecule has 1 aromatic carbocycles. The highest BCUT2D eigenvalue weighted by Crippen LogP contribution is 2.24. The van der Waals surface area contributed by atoms with Crippen molar-refractivity contribution in [1.29, 1.82) is 0 Å². The summed E-state index contributed by atoms with van der Waals surface area (Å²) in [5, 5.41) is 9.30. The highest BCUT2D eigenvalue weighted by Gasteiger charge is 2.28. The molecule has 0 bridgehead atoms. The van der Waals surface area contributed by atoms with E-state index >= 15 is 0 Å². The average molecular weight is 242 g/mol. The summed E-state index contributed by atoms with van der Waals surface area (Å²) in [6, 6.07) is 7.28. The number of aliphatic hydroxyl groups excluding tert-OH is 1. The van der Waals surface area contributed by atoms with E-state index in [4.69, 9.17) is 0 Å². The maximum absolute atomic E-state index is 11.5. The summed E-state index contributed by atoms with van der Waals surface area (Å²) in [4.78, 5) is 0. The Morgan fingerprint density at radius 2 is 1.75 bits per heavy atom. The van der Waals surface area contributed by atoms with Crippen LogP contribution in [0.2, 0.25) is 0 Å². The van der Waals surface area contributed by atoms with E-state index in [-0.39, 0.29) is 0 Å². The van der Waals surface area contributed by atoms with Gasteiger partial charge in [0.2, 0.25) is 0 Å². The Morgan fingerprint density at radius 1 is 1.25 bits per heavy atom. The predicted octanol–water partition coefficient (Wildman–Crippen LogP) is 1.85. The van der Waals surface area contributed by atoms with Crippen molar-refractivity contribution in [3.63, 3.8) is 0 Å². The van der Waals surface area contributed by atoms with E-state index < -0.39 is 21.2 Å². The van der Waals surface area contributed by atoms with Gasteiger partial charge in [0, 0.05) is 6.26 Å². The van der Waals surface area contributed by atoms with Crippen LogP contribution in [0.4, 0.5) is 0 Å². The van der Waals surface area contributed by atoms with Crippen molar-refractivity contribution in [3.8, 4) is 0 Å². The van der Waals surface area contributed by atoms with Gasteiger partial charge in [0.15, 0.2) is 9.84 Å². The van der Waals surface area contributed by atoms with Crippen molar-refractivity contribution >= 4 is 9.84 Å². The second-order valence-electron chi connectivity index (χ2n) is 4.13. The molecule has 0 fully saturated rings. The predicted molar refractivity (Wildman–Crippen MR) is 65.1 cm³/mol. The molecule has 90 valence electrons. The largest absolute Gasteiger partial charge is 0.387 e. The van der Waals surface area contributed by atoms with Crippen LogP contribution in [0.5, 0.6) is 0 Å². The molecule has 0 saturated heterocycles. The standard InChI is InChI=1S/C12H18O3S/c1-4-11(16(3,14)15)12(13)10-7-5-9(2)6-8-10/h5-8,11-13H,4H2,1-3H3. The molecular formula is C12H18O3S.